The van der Waals surface area contributed by atoms with Crippen LogP contribution < -0.4 is 19.5 Å². The smallest absolute Gasteiger partial charge is 0.341 e. The summed E-state index contributed by atoms with van der Waals surface area (Å²) in [5, 5.41) is 3.49. The highest BCUT2D eigenvalue weighted by atomic mass is 32.1. The van der Waals surface area contributed by atoms with Gasteiger partial charge in [0.05, 0.1) is 32.5 Å². The number of anilines is 1. The van der Waals surface area contributed by atoms with Crippen molar-refractivity contribution in [2.45, 2.75) is 60.8 Å². The van der Waals surface area contributed by atoms with Gasteiger partial charge in [-0.15, -0.1) is 11.3 Å². The summed E-state index contributed by atoms with van der Waals surface area (Å²) in [4.78, 5) is 27.3. The molecule has 0 aliphatic heterocycles. The highest BCUT2D eigenvalue weighted by Crippen LogP contribution is 2.45. The van der Waals surface area contributed by atoms with Gasteiger partial charge in [0.2, 0.25) is 5.75 Å². The van der Waals surface area contributed by atoms with Crippen molar-refractivity contribution in [1.29, 1.82) is 0 Å². The summed E-state index contributed by atoms with van der Waals surface area (Å²) in [6.45, 7) is 13.6. The zero-order chi connectivity index (χ0) is 25.8. The first kappa shape index (κ1) is 26.9. The molecule has 1 aliphatic carbocycles. The summed E-state index contributed by atoms with van der Waals surface area (Å²) in [6, 6.07) is 3.29. The van der Waals surface area contributed by atoms with Crippen molar-refractivity contribution >= 4 is 28.2 Å². The normalized spacial score (nSPS) is 15.2. The Morgan fingerprint density at radius 1 is 1.03 bits per heavy atom. The van der Waals surface area contributed by atoms with Gasteiger partial charge < -0.3 is 24.3 Å². The fourth-order valence-electron chi connectivity index (χ4n) is 4.43. The van der Waals surface area contributed by atoms with E-state index in [1.54, 1.807) is 12.1 Å². The van der Waals surface area contributed by atoms with Gasteiger partial charge in [0, 0.05) is 10.4 Å². The van der Waals surface area contributed by atoms with Gasteiger partial charge in [-0.2, -0.15) is 0 Å². The van der Waals surface area contributed by atoms with Crippen LogP contribution in [0.4, 0.5) is 5.00 Å². The van der Waals surface area contributed by atoms with E-state index in [0.29, 0.717) is 59.1 Å². The highest BCUT2D eigenvalue weighted by Gasteiger charge is 2.34. The fraction of sp³-hybridized carbons (Fsp3) is 0.556. The van der Waals surface area contributed by atoms with Crippen molar-refractivity contribution in [3.63, 3.8) is 0 Å². The number of carbonyl (C=O) groups is 2. The predicted molar refractivity (Wildman–Crippen MR) is 139 cm³/mol. The molecule has 3 rings (SSSR count). The number of rotatable bonds is 9. The molecule has 0 bridgehead atoms. The molecule has 35 heavy (non-hydrogen) atoms. The van der Waals surface area contributed by atoms with E-state index >= 15 is 0 Å². The zero-order valence-electron chi connectivity index (χ0n) is 21.8. The number of benzene rings is 1. The Morgan fingerprint density at radius 2 is 1.63 bits per heavy atom. The molecule has 8 heteroatoms. The SMILES string of the molecule is CCOc1cc(C(=O)Nc2sc3c(c2C(=O)OC)CCC(C(C)(C)C)C3)cc(OCC)c1OCC. The molecule has 1 amide bonds. The van der Waals surface area contributed by atoms with Crippen LogP contribution in [0.1, 0.15) is 79.1 Å². The van der Waals surface area contributed by atoms with Crippen LogP contribution in [0.25, 0.3) is 0 Å². The number of nitrogens with one attached hydrogen (secondary N) is 1. The largest absolute Gasteiger partial charge is 0.490 e. The molecular formula is C27H37NO6S. The van der Waals surface area contributed by atoms with E-state index in [1.165, 1.54) is 18.4 Å². The van der Waals surface area contributed by atoms with Crippen molar-refractivity contribution < 1.29 is 28.5 Å². The predicted octanol–water partition coefficient (Wildman–Crippen LogP) is 6.13. The molecule has 1 heterocycles. The molecule has 1 aromatic carbocycles. The van der Waals surface area contributed by atoms with Gasteiger partial charge in [-0.05, 0) is 69.1 Å². The van der Waals surface area contributed by atoms with Gasteiger partial charge in [0.1, 0.15) is 5.00 Å². The lowest BCUT2D eigenvalue weighted by molar-refractivity contribution is 0.0600. The number of ether oxygens (including phenoxy) is 4. The third kappa shape index (κ3) is 5.92. The van der Waals surface area contributed by atoms with Gasteiger partial charge in [-0.3, -0.25) is 4.79 Å². The minimum atomic E-state index is -0.427. The lowest BCUT2D eigenvalue weighted by Crippen LogP contribution is -2.26. The third-order valence-corrected chi connectivity index (χ3v) is 7.45. The summed E-state index contributed by atoms with van der Waals surface area (Å²) in [5.41, 5.74) is 1.99. The molecule has 0 saturated carbocycles. The van der Waals surface area contributed by atoms with Gasteiger partial charge in [-0.25, -0.2) is 4.79 Å². The second-order valence-electron chi connectivity index (χ2n) is 9.56. The molecule has 7 nitrogen and oxygen atoms in total. The maximum Gasteiger partial charge on any atom is 0.341 e. The number of thiophene rings is 1. The lowest BCUT2D eigenvalue weighted by atomic mass is 9.72. The first-order valence-corrected chi connectivity index (χ1v) is 13.1. The molecular weight excluding hydrogens is 466 g/mol. The third-order valence-electron chi connectivity index (χ3n) is 6.28. The van der Waals surface area contributed by atoms with Crippen LogP contribution in [0.5, 0.6) is 17.2 Å². The molecule has 2 aromatic rings. The number of fused-ring (bicyclic) bond motifs is 1. The molecule has 1 aliphatic rings. The minimum absolute atomic E-state index is 0.171. The summed E-state index contributed by atoms with van der Waals surface area (Å²) in [5.74, 6) is 1.09. The van der Waals surface area contributed by atoms with Crippen LogP contribution in [0.3, 0.4) is 0 Å². The van der Waals surface area contributed by atoms with Gasteiger partial charge in [-0.1, -0.05) is 20.8 Å². The number of carbonyl (C=O) groups excluding carboxylic acids is 2. The standard InChI is InChI=1S/C27H37NO6S/c1-8-32-19-13-16(14-20(33-9-2)23(19)34-10-3)24(29)28-25-22(26(30)31-7)18-12-11-17(27(4,5)6)15-21(18)35-25/h13-14,17H,8-12,15H2,1-7H3,(H,28,29). The van der Waals surface area contributed by atoms with Crippen LogP contribution >= 0.6 is 11.3 Å². The van der Waals surface area contributed by atoms with Crippen LogP contribution in [-0.4, -0.2) is 38.8 Å². The average molecular weight is 504 g/mol. The van der Waals surface area contributed by atoms with Crippen molar-refractivity contribution in [3.8, 4) is 17.2 Å². The first-order valence-electron chi connectivity index (χ1n) is 12.2. The van der Waals surface area contributed by atoms with Crippen molar-refractivity contribution in [2.24, 2.45) is 11.3 Å². The monoisotopic (exact) mass is 503 g/mol. The summed E-state index contributed by atoms with van der Waals surface area (Å²) < 4.78 is 22.3. The Labute approximate surface area is 212 Å². The molecule has 1 atom stereocenters. The second kappa shape index (κ2) is 11.3. The molecule has 0 fully saturated rings. The van der Waals surface area contributed by atoms with Crippen LogP contribution in [0.15, 0.2) is 12.1 Å². The second-order valence-corrected chi connectivity index (χ2v) is 10.7. The zero-order valence-corrected chi connectivity index (χ0v) is 22.6. The van der Waals surface area contributed by atoms with Crippen molar-refractivity contribution in [1.82, 2.24) is 0 Å². The number of methoxy groups -OCH3 is 1. The topological polar surface area (TPSA) is 83.1 Å². The summed E-state index contributed by atoms with van der Waals surface area (Å²) in [6.07, 6.45) is 2.68. The molecule has 0 spiro atoms. The fourth-order valence-corrected chi connectivity index (χ4v) is 5.74. The summed E-state index contributed by atoms with van der Waals surface area (Å²) >= 11 is 1.47. The van der Waals surface area contributed by atoms with Gasteiger partial charge in [0.15, 0.2) is 11.5 Å². The van der Waals surface area contributed by atoms with E-state index in [-0.39, 0.29) is 11.3 Å². The molecule has 0 radical (unpaired) electrons. The van der Waals surface area contributed by atoms with Crippen LogP contribution in [0, 0.1) is 11.3 Å². The number of amides is 1. The van der Waals surface area contributed by atoms with Gasteiger partial charge >= 0.3 is 5.97 Å². The lowest BCUT2D eigenvalue weighted by Gasteiger charge is -2.33. The van der Waals surface area contributed by atoms with E-state index < -0.39 is 5.97 Å². The van der Waals surface area contributed by atoms with Gasteiger partial charge in [0.25, 0.3) is 5.91 Å². The Kier molecular flexibility index (Phi) is 8.70. The molecule has 1 aromatic heterocycles. The molecule has 0 saturated heterocycles. The van der Waals surface area contributed by atoms with Crippen LogP contribution in [-0.2, 0) is 17.6 Å². The van der Waals surface area contributed by atoms with Crippen LogP contribution in [0.2, 0.25) is 0 Å². The quantitative estimate of drug-likeness (QED) is 0.414. The Morgan fingerprint density at radius 3 is 2.14 bits per heavy atom. The number of esters is 1. The molecule has 1 N–H and O–H groups in total. The van der Waals surface area contributed by atoms with Crippen molar-refractivity contribution in [2.75, 3.05) is 32.2 Å². The van der Waals surface area contributed by atoms with E-state index in [4.69, 9.17) is 18.9 Å². The van der Waals surface area contributed by atoms with E-state index in [2.05, 4.69) is 26.1 Å². The maximum atomic E-state index is 13.4. The number of hydrogen-bond acceptors (Lipinski definition) is 7. The Bertz CT molecular complexity index is 1040. The molecule has 1 unspecified atom stereocenters. The number of hydrogen-bond donors (Lipinski definition) is 1. The first-order chi connectivity index (χ1) is 16.6. The van der Waals surface area contributed by atoms with E-state index in [1.807, 2.05) is 20.8 Å². The molecule has 192 valence electrons. The van der Waals surface area contributed by atoms with E-state index in [0.717, 1.165) is 29.7 Å². The average Bonchev–Trinajstić information content (AvgIpc) is 3.17. The highest BCUT2D eigenvalue weighted by molar-refractivity contribution is 7.17. The van der Waals surface area contributed by atoms with E-state index in [9.17, 15) is 9.59 Å². The summed E-state index contributed by atoms with van der Waals surface area (Å²) in [7, 11) is 1.37. The Balaban J connectivity index is 1.99. The van der Waals surface area contributed by atoms with Crippen molar-refractivity contribution in [3.05, 3.63) is 33.7 Å². The Hall–Kier alpha value is -2.74. The maximum absolute atomic E-state index is 13.4. The minimum Gasteiger partial charge on any atom is -0.490 e.